The van der Waals surface area contributed by atoms with Crippen LogP contribution in [0.15, 0.2) is 16.8 Å². The van der Waals surface area contributed by atoms with E-state index in [0.717, 1.165) is 0 Å². The Bertz CT molecular complexity index is 575. The number of carbonyl (C=O) groups excluding carboxylic acids is 1. The van der Waals surface area contributed by atoms with Crippen molar-refractivity contribution in [3.8, 4) is 0 Å². The first-order chi connectivity index (χ1) is 9.86. The Morgan fingerprint density at radius 3 is 2.62 bits per heavy atom. The monoisotopic (exact) mass is 332 g/mol. The molecule has 0 bridgehead atoms. The number of carbonyl (C=O) groups is 1. The third-order valence-corrected chi connectivity index (χ3v) is 5.88. The average molecular weight is 332 g/mol. The second kappa shape index (κ2) is 6.43. The van der Waals surface area contributed by atoms with Crippen LogP contribution < -0.4 is 5.32 Å². The molecule has 1 saturated heterocycles. The summed E-state index contributed by atoms with van der Waals surface area (Å²) >= 11 is 1.47. The summed E-state index contributed by atoms with van der Waals surface area (Å²) in [4.78, 5) is 12.0. The molecule has 0 atom stereocenters. The summed E-state index contributed by atoms with van der Waals surface area (Å²) < 4.78 is 30.1. The SMILES string of the molecule is COC1(CNC(=O)c2ccsc2)CCN(S(C)(=O)=O)CC1. The van der Waals surface area contributed by atoms with Crippen LogP contribution in [0.4, 0.5) is 0 Å². The van der Waals surface area contributed by atoms with Crippen molar-refractivity contribution in [3.63, 3.8) is 0 Å². The van der Waals surface area contributed by atoms with Crippen molar-refractivity contribution >= 4 is 27.3 Å². The van der Waals surface area contributed by atoms with Crippen molar-refractivity contribution < 1.29 is 17.9 Å². The smallest absolute Gasteiger partial charge is 0.252 e. The van der Waals surface area contributed by atoms with Gasteiger partial charge >= 0.3 is 0 Å². The minimum atomic E-state index is -3.16. The lowest BCUT2D eigenvalue weighted by molar-refractivity contribution is -0.0424. The molecule has 0 aliphatic carbocycles. The van der Waals surface area contributed by atoms with E-state index >= 15 is 0 Å². The molecule has 0 aromatic carbocycles. The lowest BCUT2D eigenvalue weighted by atomic mass is 9.92. The number of piperidine rings is 1. The van der Waals surface area contributed by atoms with Gasteiger partial charge in [0, 0.05) is 37.7 Å². The third-order valence-electron chi connectivity index (χ3n) is 3.89. The van der Waals surface area contributed by atoms with E-state index < -0.39 is 15.6 Å². The van der Waals surface area contributed by atoms with E-state index in [0.29, 0.717) is 38.0 Å². The summed E-state index contributed by atoms with van der Waals surface area (Å²) in [7, 11) is -1.56. The molecule has 0 saturated carbocycles. The molecule has 2 heterocycles. The first-order valence-electron chi connectivity index (χ1n) is 6.67. The van der Waals surface area contributed by atoms with E-state index in [4.69, 9.17) is 4.74 Å². The highest BCUT2D eigenvalue weighted by atomic mass is 32.2. The topological polar surface area (TPSA) is 75.7 Å². The van der Waals surface area contributed by atoms with Crippen molar-refractivity contribution in [1.82, 2.24) is 9.62 Å². The number of hydrogen-bond donors (Lipinski definition) is 1. The zero-order chi connectivity index (χ0) is 15.5. The number of thiophene rings is 1. The quantitative estimate of drug-likeness (QED) is 0.870. The van der Waals surface area contributed by atoms with Gasteiger partial charge in [0.1, 0.15) is 0 Å². The van der Waals surface area contributed by atoms with Gasteiger partial charge in [-0.15, -0.1) is 0 Å². The van der Waals surface area contributed by atoms with Gasteiger partial charge in [-0.2, -0.15) is 11.3 Å². The molecule has 1 amide bonds. The van der Waals surface area contributed by atoms with Gasteiger partial charge in [0.25, 0.3) is 5.91 Å². The Labute approximate surface area is 129 Å². The van der Waals surface area contributed by atoms with Crippen molar-refractivity contribution in [2.75, 3.05) is 33.0 Å². The molecule has 21 heavy (non-hydrogen) atoms. The number of methoxy groups -OCH3 is 1. The van der Waals surface area contributed by atoms with E-state index in [-0.39, 0.29) is 5.91 Å². The zero-order valence-corrected chi connectivity index (χ0v) is 13.8. The molecule has 8 heteroatoms. The predicted octanol–water partition coefficient (Wildman–Crippen LogP) is 0.919. The highest BCUT2D eigenvalue weighted by Crippen LogP contribution is 2.26. The van der Waals surface area contributed by atoms with Crippen LogP contribution >= 0.6 is 11.3 Å². The maximum absolute atomic E-state index is 12.0. The molecule has 118 valence electrons. The van der Waals surface area contributed by atoms with Gasteiger partial charge in [-0.05, 0) is 24.3 Å². The summed E-state index contributed by atoms with van der Waals surface area (Å²) in [5.41, 5.74) is 0.146. The van der Waals surface area contributed by atoms with Crippen molar-refractivity contribution in [2.24, 2.45) is 0 Å². The Balaban J connectivity index is 1.93. The number of sulfonamides is 1. The van der Waals surface area contributed by atoms with Gasteiger partial charge in [-0.25, -0.2) is 12.7 Å². The minimum Gasteiger partial charge on any atom is -0.376 e. The molecule has 1 N–H and O–H groups in total. The second-order valence-corrected chi connectivity index (χ2v) is 8.01. The molecule has 1 aliphatic rings. The standard InChI is InChI=1S/C13H20N2O4S2/c1-19-13(4-6-15(7-5-13)21(2,17)18)10-14-12(16)11-3-8-20-9-11/h3,8-9H,4-7,10H2,1-2H3,(H,14,16). The fraction of sp³-hybridized carbons (Fsp3) is 0.615. The molecule has 1 aliphatic heterocycles. The summed E-state index contributed by atoms with van der Waals surface area (Å²) in [6, 6.07) is 1.77. The van der Waals surface area contributed by atoms with Crippen LogP contribution in [0.5, 0.6) is 0 Å². The summed E-state index contributed by atoms with van der Waals surface area (Å²) in [5, 5.41) is 6.52. The van der Waals surface area contributed by atoms with E-state index in [9.17, 15) is 13.2 Å². The Kier molecular flexibility index (Phi) is 5.03. The van der Waals surface area contributed by atoms with Crippen LogP contribution in [0.25, 0.3) is 0 Å². The van der Waals surface area contributed by atoms with Crippen LogP contribution in [-0.2, 0) is 14.8 Å². The van der Waals surface area contributed by atoms with Gasteiger partial charge in [-0.3, -0.25) is 4.79 Å². The van der Waals surface area contributed by atoms with Crippen LogP contribution in [0.2, 0.25) is 0 Å². The number of rotatable bonds is 5. The van der Waals surface area contributed by atoms with Gasteiger partial charge < -0.3 is 10.1 Å². The first kappa shape index (κ1) is 16.4. The molecule has 1 fully saturated rings. The fourth-order valence-electron chi connectivity index (χ4n) is 2.42. The molecular weight excluding hydrogens is 312 g/mol. The summed E-state index contributed by atoms with van der Waals surface area (Å²) in [6.45, 7) is 1.22. The van der Waals surface area contributed by atoms with Crippen LogP contribution in [0.3, 0.4) is 0 Å². The van der Waals surface area contributed by atoms with E-state index in [1.165, 1.54) is 21.9 Å². The van der Waals surface area contributed by atoms with Crippen molar-refractivity contribution in [1.29, 1.82) is 0 Å². The fourth-order valence-corrected chi connectivity index (χ4v) is 3.90. The number of hydrogen-bond acceptors (Lipinski definition) is 5. The number of nitrogens with zero attached hydrogens (tertiary/aromatic N) is 1. The Morgan fingerprint density at radius 2 is 2.14 bits per heavy atom. The second-order valence-electron chi connectivity index (χ2n) is 5.24. The number of nitrogens with one attached hydrogen (secondary N) is 1. The molecule has 0 spiro atoms. The minimum absolute atomic E-state index is 0.127. The normalized spacial score (nSPS) is 19.3. The van der Waals surface area contributed by atoms with E-state index in [2.05, 4.69) is 5.32 Å². The third kappa shape index (κ3) is 4.03. The maximum atomic E-state index is 12.0. The highest BCUT2D eigenvalue weighted by Gasteiger charge is 2.37. The molecule has 6 nitrogen and oxygen atoms in total. The molecule has 0 unspecified atom stereocenters. The lowest BCUT2D eigenvalue weighted by Crippen LogP contribution is -2.52. The van der Waals surface area contributed by atoms with E-state index in [1.807, 2.05) is 5.38 Å². The van der Waals surface area contributed by atoms with Crippen LogP contribution in [0, 0.1) is 0 Å². The average Bonchev–Trinajstić information content (AvgIpc) is 2.98. The lowest BCUT2D eigenvalue weighted by Gasteiger charge is -2.39. The summed E-state index contributed by atoms with van der Waals surface area (Å²) in [5.74, 6) is -0.127. The van der Waals surface area contributed by atoms with Crippen molar-refractivity contribution in [2.45, 2.75) is 18.4 Å². The number of ether oxygens (including phenoxy) is 1. The maximum Gasteiger partial charge on any atom is 0.252 e. The summed E-state index contributed by atoms with van der Waals surface area (Å²) in [6.07, 6.45) is 2.35. The molecule has 1 aromatic heterocycles. The van der Waals surface area contributed by atoms with Gasteiger partial charge in [0.15, 0.2) is 0 Å². The highest BCUT2D eigenvalue weighted by molar-refractivity contribution is 7.88. The predicted molar refractivity (Wildman–Crippen MR) is 82.0 cm³/mol. The van der Waals surface area contributed by atoms with Crippen LogP contribution in [-0.4, -0.2) is 57.2 Å². The molecule has 1 aromatic rings. The first-order valence-corrected chi connectivity index (χ1v) is 9.46. The zero-order valence-electron chi connectivity index (χ0n) is 12.2. The number of amides is 1. The molecule has 2 rings (SSSR count). The van der Waals surface area contributed by atoms with Gasteiger partial charge in [0.2, 0.25) is 10.0 Å². The van der Waals surface area contributed by atoms with Crippen molar-refractivity contribution in [3.05, 3.63) is 22.4 Å². The largest absolute Gasteiger partial charge is 0.376 e. The Hall–Kier alpha value is -0.960. The Morgan fingerprint density at radius 1 is 1.48 bits per heavy atom. The van der Waals surface area contributed by atoms with Crippen LogP contribution in [0.1, 0.15) is 23.2 Å². The molecular formula is C13H20N2O4S2. The van der Waals surface area contributed by atoms with E-state index in [1.54, 1.807) is 18.6 Å². The van der Waals surface area contributed by atoms with Gasteiger partial charge in [-0.1, -0.05) is 0 Å². The molecule has 0 radical (unpaired) electrons. The van der Waals surface area contributed by atoms with Gasteiger partial charge in [0.05, 0.1) is 11.9 Å².